The molecule has 42 valence electrons. The first-order valence-corrected chi connectivity index (χ1v) is 2.32. The summed E-state index contributed by atoms with van der Waals surface area (Å²) in [6.07, 6.45) is 0.0509. The first-order chi connectivity index (χ1) is 3.39. The molecule has 1 rings (SSSR count). The Morgan fingerprint density at radius 1 is 1.57 bits per heavy atom. The largest absolute Gasteiger partial charge is 0.234 e. The molecule has 1 saturated heterocycles. The highest BCUT2D eigenvalue weighted by Crippen LogP contribution is 2.09. The Morgan fingerprint density at radius 2 is 2.43 bits per heavy atom. The fourth-order valence-electron chi connectivity index (χ4n) is 0.473. The predicted molar refractivity (Wildman–Crippen MR) is 21.2 cm³/mol. The molecular formula is C4H7FO2. The summed E-state index contributed by atoms with van der Waals surface area (Å²) < 4.78 is 11.8. The molecule has 1 atom stereocenters. The highest BCUT2D eigenvalue weighted by molar-refractivity contribution is 4.43. The summed E-state index contributed by atoms with van der Waals surface area (Å²) in [6, 6.07) is 0. The Bertz CT molecular complexity index is 51.7. The lowest BCUT2D eigenvalue weighted by atomic mass is 10.3. The molecule has 0 amide bonds. The lowest BCUT2D eigenvalue weighted by molar-refractivity contribution is -0.372. The standard InChI is InChI=1S/C4H7FO2/c5-4-2-1-3-6-7-4/h4H,1-3H2. The van der Waals surface area contributed by atoms with Gasteiger partial charge in [0.1, 0.15) is 0 Å². The molecule has 0 bridgehead atoms. The van der Waals surface area contributed by atoms with E-state index in [0.29, 0.717) is 13.0 Å². The van der Waals surface area contributed by atoms with Crippen molar-refractivity contribution in [2.75, 3.05) is 6.61 Å². The third-order valence-corrected chi connectivity index (χ3v) is 0.831. The third-order valence-electron chi connectivity index (χ3n) is 0.831. The van der Waals surface area contributed by atoms with E-state index in [1.165, 1.54) is 0 Å². The van der Waals surface area contributed by atoms with Crippen molar-refractivity contribution in [3.63, 3.8) is 0 Å². The van der Waals surface area contributed by atoms with Crippen molar-refractivity contribution < 1.29 is 14.2 Å². The van der Waals surface area contributed by atoms with Gasteiger partial charge in [0.2, 0.25) is 6.36 Å². The van der Waals surface area contributed by atoms with Gasteiger partial charge in [0.05, 0.1) is 6.61 Å². The molecule has 1 aliphatic rings. The van der Waals surface area contributed by atoms with Gasteiger partial charge in [0, 0.05) is 6.42 Å². The van der Waals surface area contributed by atoms with Crippen molar-refractivity contribution in [2.45, 2.75) is 19.2 Å². The van der Waals surface area contributed by atoms with E-state index in [-0.39, 0.29) is 0 Å². The fourth-order valence-corrected chi connectivity index (χ4v) is 0.473. The fraction of sp³-hybridized carbons (Fsp3) is 1.00. The first-order valence-electron chi connectivity index (χ1n) is 2.32. The maximum atomic E-state index is 11.8. The minimum absolute atomic E-state index is 0.472. The Morgan fingerprint density at radius 3 is 2.71 bits per heavy atom. The molecule has 0 aromatic heterocycles. The normalized spacial score (nSPS) is 33.0. The van der Waals surface area contributed by atoms with E-state index in [1.807, 2.05) is 0 Å². The van der Waals surface area contributed by atoms with Crippen LogP contribution in [-0.4, -0.2) is 13.0 Å². The van der Waals surface area contributed by atoms with Crippen LogP contribution in [0, 0.1) is 0 Å². The molecular weight excluding hydrogens is 99.0 g/mol. The molecule has 0 aromatic carbocycles. The molecule has 1 aliphatic heterocycles. The van der Waals surface area contributed by atoms with Gasteiger partial charge in [0.25, 0.3) is 0 Å². The second kappa shape index (κ2) is 2.23. The van der Waals surface area contributed by atoms with E-state index in [0.717, 1.165) is 6.42 Å². The minimum atomic E-state index is -1.19. The molecule has 0 spiro atoms. The molecule has 1 fully saturated rings. The Kier molecular flexibility index (Phi) is 1.59. The van der Waals surface area contributed by atoms with E-state index in [9.17, 15) is 4.39 Å². The van der Waals surface area contributed by atoms with Gasteiger partial charge in [-0.15, -0.1) is 0 Å². The van der Waals surface area contributed by atoms with Gasteiger partial charge in [-0.1, -0.05) is 0 Å². The second-order valence-electron chi connectivity index (χ2n) is 1.47. The zero-order valence-corrected chi connectivity index (χ0v) is 3.89. The van der Waals surface area contributed by atoms with Gasteiger partial charge < -0.3 is 0 Å². The lowest BCUT2D eigenvalue weighted by Crippen LogP contribution is -2.14. The Balaban J connectivity index is 2.12. The average molecular weight is 106 g/mol. The summed E-state index contributed by atoms with van der Waals surface area (Å²) in [5.41, 5.74) is 0. The van der Waals surface area contributed by atoms with Crippen LogP contribution >= 0.6 is 0 Å². The van der Waals surface area contributed by atoms with Crippen LogP contribution in [0.2, 0.25) is 0 Å². The van der Waals surface area contributed by atoms with E-state index >= 15 is 0 Å². The molecule has 3 heteroatoms. The van der Waals surface area contributed by atoms with Gasteiger partial charge in [-0.25, -0.2) is 9.28 Å². The zero-order chi connectivity index (χ0) is 5.11. The van der Waals surface area contributed by atoms with Gasteiger partial charge in [-0.05, 0) is 6.42 Å². The number of hydrogen-bond donors (Lipinski definition) is 0. The Labute approximate surface area is 41.2 Å². The predicted octanol–water partition coefficient (Wildman–Crippen LogP) is 1.02. The minimum Gasteiger partial charge on any atom is -0.234 e. The monoisotopic (exact) mass is 106 g/mol. The van der Waals surface area contributed by atoms with Crippen LogP contribution in [-0.2, 0) is 9.78 Å². The van der Waals surface area contributed by atoms with Crippen molar-refractivity contribution in [1.29, 1.82) is 0 Å². The van der Waals surface area contributed by atoms with Crippen LogP contribution in [0.3, 0.4) is 0 Å². The molecule has 0 aromatic rings. The molecule has 0 radical (unpaired) electrons. The summed E-state index contributed by atoms with van der Waals surface area (Å²) in [6.45, 7) is 0.528. The lowest BCUT2D eigenvalue weighted by Gasteiger charge is -2.12. The Hall–Kier alpha value is -0.150. The zero-order valence-electron chi connectivity index (χ0n) is 3.89. The topological polar surface area (TPSA) is 18.5 Å². The van der Waals surface area contributed by atoms with E-state index in [2.05, 4.69) is 9.78 Å². The molecule has 1 heterocycles. The van der Waals surface area contributed by atoms with Crippen LogP contribution in [0.5, 0.6) is 0 Å². The molecule has 0 saturated carbocycles. The SMILES string of the molecule is FC1CCCOO1. The average Bonchev–Trinajstić information content (AvgIpc) is 1.69. The van der Waals surface area contributed by atoms with Crippen molar-refractivity contribution in [2.24, 2.45) is 0 Å². The number of rotatable bonds is 0. The van der Waals surface area contributed by atoms with Crippen molar-refractivity contribution >= 4 is 0 Å². The van der Waals surface area contributed by atoms with Gasteiger partial charge in [-0.3, -0.25) is 0 Å². The van der Waals surface area contributed by atoms with E-state index in [1.54, 1.807) is 0 Å². The van der Waals surface area contributed by atoms with E-state index in [4.69, 9.17) is 0 Å². The maximum absolute atomic E-state index is 11.8. The summed E-state index contributed by atoms with van der Waals surface area (Å²) >= 11 is 0. The quantitative estimate of drug-likeness (QED) is 0.429. The summed E-state index contributed by atoms with van der Waals surface area (Å²) in [5.74, 6) is 0. The molecule has 7 heavy (non-hydrogen) atoms. The molecule has 0 N–H and O–H groups in total. The summed E-state index contributed by atoms with van der Waals surface area (Å²) in [5, 5.41) is 0. The van der Waals surface area contributed by atoms with Gasteiger partial charge in [-0.2, -0.15) is 4.89 Å². The highest BCUT2D eigenvalue weighted by atomic mass is 19.1. The van der Waals surface area contributed by atoms with Crippen LogP contribution in [0.4, 0.5) is 4.39 Å². The summed E-state index contributed by atoms with van der Waals surface area (Å²) in [7, 11) is 0. The molecule has 0 aliphatic carbocycles. The van der Waals surface area contributed by atoms with Crippen molar-refractivity contribution in [1.82, 2.24) is 0 Å². The van der Waals surface area contributed by atoms with Crippen LogP contribution in [0.1, 0.15) is 12.8 Å². The second-order valence-corrected chi connectivity index (χ2v) is 1.47. The maximum Gasteiger partial charge on any atom is 0.231 e. The van der Waals surface area contributed by atoms with Gasteiger partial charge >= 0.3 is 0 Å². The van der Waals surface area contributed by atoms with Crippen LogP contribution in [0.15, 0.2) is 0 Å². The van der Waals surface area contributed by atoms with Crippen LogP contribution < -0.4 is 0 Å². The van der Waals surface area contributed by atoms with Crippen molar-refractivity contribution in [3.8, 4) is 0 Å². The number of halogens is 1. The highest BCUT2D eigenvalue weighted by Gasteiger charge is 2.11. The first kappa shape index (κ1) is 5.00. The van der Waals surface area contributed by atoms with Crippen LogP contribution in [0.25, 0.3) is 0 Å². The molecule has 2 nitrogen and oxygen atoms in total. The third kappa shape index (κ3) is 1.41. The number of hydrogen-bond acceptors (Lipinski definition) is 2. The van der Waals surface area contributed by atoms with Gasteiger partial charge in [0.15, 0.2) is 0 Å². The smallest absolute Gasteiger partial charge is 0.231 e. The van der Waals surface area contributed by atoms with E-state index < -0.39 is 6.36 Å². The number of alkyl halides is 1. The summed E-state index contributed by atoms with van der Waals surface area (Å²) in [4.78, 5) is 8.42. The molecule has 1 unspecified atom stereocenters. The van der Waals surface area contributed by atoms with Crippen molar-refractivity contribution in [3.05, 3.63) is 0 Å².